The van der Waals surface area contributed by atoms with Gasteiger partial charge in [0, 0.05) is 6.54 Å². The van der Waals surface area contributed by atoms with Gasteiger partial charge in [-0.3, -0.25) is 0 Å². The van der Waals surface area contributed by atoms with Gasteiger partial charge in [-0.1, -0.05) is 19.3 Å². The first kappa shape index (κ1) is 10.4. The van der Waals surface area contributed by atoms with E-state index in [-0.39, 0.29) is 6.10 Å². The van der Waals surface area contributed by atoms with Crippen molar-refractivity contribution in [2.45, 2.75) is 51.0 Å². The molecule has 0 heterocycles. The van der Waals surface area contributed by atoms with Crippen molar-refractivity contribution in [2.24, 2.45) is 11.8 Å². The molecule has 0 aromatic rings. The molecule has 0 radical (unpaired) electrons. The van der Waals surface area contributed by atoms with Crippen LogP contribution < -0.4 is 5.32 Å². The van der Waals surface area contributed by atoms with Gasteiger partial charge >= 0.3 is 0 Å². The number of hydrogen-bond donors (Lipinski definition) is 2. The van der Waals surface area contributed by atoms with E-state index in [0.29, 0.717) is 5.92 Å². The smallest absolute Gasteiger partial charge is 0.0692 e. The highest BCUT2D eigenvalue weighted by Crippen LogP contribution is 2.32. The van der Waals surface area contributed by atoms with Crippen LogP contribution in [0.4, 0.5) is 0 Å². The first-order chi connectivity index (χ1) is 6.86. The van der Waals surface area contributed by atoms with Gasteiger partial charge in [-0.2, -0.15) is 0 Å². The van der Waals surface area contributed by atoms with Crippen LogP contribution in [-0.4, -0.2) is 24.3 Å². The van der Waals surface area contributed by atoms with Gasteiger partial charge in [0.1, 0.15) is 0 Å². The van der Waals surface area contributed by atoms with Crippen LogP contribution in [0.15, 0.2) is 0 Å². The molecular weight excluding hydrogens is 174 g/mol. The first-order valence-electron chi connectivity index (χ1n) is 6.25. The van der Waals surface area contributed by atoms with Crippen LogP contribution in [0, 0.1) is 11.8 Å². The number of nitrogens with one attached hydrogen (secondary N) is 1. The highest BCUT2D eigenvalue weighted by molar-refractivity contribution is 4.82. The van der Waals surface area contributed by atoms with Crippen molar-refractivity contribution < 1.29 is 5.11 Å². The van der Waals surface area contributed by atoms with Crippen molar-refractivity contribution in [2.75, 3.05) is 13.1 Å². The molecule has 2 aliphatic rings. The highest BCUT2D eigenvalue weighted by Gasteiger charge is 2.29. The average molecular weight is 197 g/mol. The summed E-state index contributed by atoms with van der Waals surface area (Å²) >= 11 is 0. The molecule has 2 fully saturated rings. The van der Waals surface area contributed by atoms with Crippen molar-refractivity contribution in [3.63, 3.8) is 0 Å². The van der Waals surface area contributed by atoms with Crippen LogP contribution >= 0.6 is 0 Å². The SMILES string of the molecule is OC(CNCC1CCCCC1)C1CC1. The minimum Gasteiger partial charge on any atom is -0.392 e. The topological polar surface area (TPSA) is 32.3 Å². The summed E-state index contributed by atoms with van der Waals surface area (Å²) in [6.07, 6.45) is 9.46. The Hall–Kier alpha value is -0.0800. The molecule has 2 N–H and O–H groups in total. The molecule has 2 rings (SSSR count). The molecule has 0 aliphatic heterocycles. The van der Waals surface area contributed by atoms with Gasteiger partial charge in [-0.15, -0.1) is 0 Å². The van der Waals surface area contributed by atoms with E-state index in [2.05, 4.69) is 5.32 Å². The summed E-state index contributed by atoms with van der Waals surface area (Å²) in [5, 5.41) is 13.1. The predicted molar refractivity (Wildman–Crippen MR) is 58.2 cm³/mol. The van der Waals surface area contributed by atoms with Crippen molar-refractivity contribution in [3.05, 3.63) is 0 Å². The minimum absolute atomic E-state index is 0.0707. The standard InChI is InChI=1S/C12H23NO/c14-12(11-6-7-11)9-13-8-10-4-2-1-3-5-10/h10-14H,1-9H2. The zero-order valence-electron chi connectivity index (χ0n) is 9.04. The Morgan fingerprint density at radius 3 is 2.43 bits per heavy atom. The Bertz CT molecular complexity index is 162. The third-order valence-corrected chi connectivity index (χ3v) is 3.68. The van der Waals surface area contributed by atoms with E-state index < -0.39 is 0 Å². The lowest BCUT2D eigenvalue weighted by atomic mass is 9.89. The van der Waals surface area contributed by atoms with E-state index >= 15 is 0 Å². The van der Waals surface area contributed by atoms with Gasteiger partial charge in [0.15, 0.2) is 0 Å². The zero-order valence-corrected chi connectivity index (χ0v) is 9.04. The Morgan fingerprint density at radius 1 is 1.07 bits per heavy atom. The monoisotopic (exact) mass is 197 g/mol. The van der Waals surface area contributed by atoms with Crippen molar-refractivity contribution >= 4 is 0 Å². The minimum atomic E-state index is -0.0707. The summed E-state index contributed by atoms with van der Waals surface area (Å²) in [6, 6.07) is 0. The van der Waals surface area contributed by atoms with Gasteiger partial charge in [-0.05, 0) is 44.1 Å². The fourth-order valence-electron chi connectivity index (χ4n) is 2.47. The molecule has 0 bridgehead atoms. The van der Waals surface area contributed by atoms with Crippen LogP contribution in [0.5, 0.6) is 0 Å². The summed E-state index contributed by atoms with van der Waals surface area (Å²) in [5.74, 6) is 1.50. The largest absolute Gasteiger partial charge is 0.392 e. The lowest BCUT2D eigenvalue weighted by Gasteiger charge is -2.22. The fourth-order valence-corrected chi connectivity index (χ4v) is 2.47. The first-order valence-corrected chi connectivity index (χ1v) is 6.25. The second kappa shape index (κ2) is 5.13. The highest BCUT2D eigenvalue weighted by atomic mass is 16.3. The van der Waals surface area contributed by atoms with E-state index in [1.807, 2.05) is 0 Å². The second-order valence-corrected chi connectivity index (χ2v) is 5.07. The van der Waals surface area contributed by atoms with Gasteiger partial charge < -0.3 is 10.4 Å². The molecule has 0 aromatic carbocycles. The molecule has 0 spiro atoms. The molecule has 1 unspecified atom stereocenters. The Balaban J connectivity index is 1.52. The van der Waals surface area contributed by atoms with Crippen molar-refractivity contribution in [1.29, 1.82) is 0 Å². The lowest BCUT2D eigenvalue weighted by Crippen LogP contribution is -2.32. The summed E-state index contributed by atoms with van der Waals surface area (Å²) in [6.45, 7) is 1.95. The maximum Gasteiger partial charge on any atom is 0.0692 e. The second-order valence-electron chi connectivity index (χ2n) is 5.07. The maximum absolute atomic E-state index is 9.66. The van der Waals surface area contributed by atoms with E-state index in [0.717, 1.165) is 19.0 Å². The fraction of sp³-hybridized carbons (Fsp3) is 1.00. The molecule has 2 nitrogen and oxygen atoms in total. The third-order valence-electron chi connectivity index (χ3n) is 3.68. The molecule has 2 heteroatoms. The lowest BCUT2D eigenvalue weighted by molar-refractivity contribution is 0.146. The number of hydrogen-bond acceptors (Lipinski definition) is 2. The molecule has 2 saturated carbocycles. The molecule has 0 saturated heterocycles. The average Bonchev–Trinajstić information content (AvgIpc) is 3.02. The Labute approximate surface area is 87.1 Å². The van der Waals surface area contributed by atoms with E-state index in [9.17, 15) is 5.11 Å². The molecule has 14 heavy (non-hydrogen) atoms. The normalized spacial score (nSPS) is 26.4. The Kier molecular flexibility index (Phi) is 3.82. The third kappa shape index (κ3) is 3.25. The number of aliphatic hydroxyl groups excluding tert-OH is 1. The van der Waals surface area contributed by atoms with Crippen LogP contribution in [-0.2, 0) is 0 Å². The maximum atomic E-state index is 9.66. The summed E-state index contributed by atoms with van der Waals surface area (Å²) in [5.41, 5.74) is 0. The predicted octanol–water partition coefficient (Wildman–Crippen LogP) is 1.93. The van der Waals surface area contributed by atoms with Crippen molar-refractivity contribution in [1.82, 2.24) is 5.32 Å². The van der Waals surface area contributed by atoms with Gasteiger partial charge in [0.25, 0.3) is 0 Å². The van der Waals surface area contributed by atoms with Crippen LogP contribution in [0.25, 0.3) is 0 Å². The van der Waals surface area contributed by atoms with Crippen LogP contribution in [0.2, 0.25) is 0 Å². The van der Waals surface area contributed by atoms with E-state index in [1.54, 1.807) is 0 Å². The zero-order chi connectivity index (χ0) is 9.80. The molecule has 0 amide bonds. The summed E-state index contributed by atoms with van der Waals surface area (Å²) in [7, 11) is 0. The number of aliphatic hydroxyl groups is 1. The molecular formula is C12H23NO. The summed E-state index contributed by atoms with van der Waals surface area (Å²) in [4.78, 5) is 0. The van der Waals surface area contributed by atoms with E-state index in [1.165, 1.54) is 44.9 Å². The molecule has 1 atom stereocenters. The Morgan fingerprint density at radius 2 is 1.79 bits per heavy atom. The van der Waals surface area contributed by atoms with Gasteiger partial charge in [0.2, 0.25) is 0 Å². The molecule has 2 aliphatic carbocycles. The summed E-state index contributed by atoms with van der Waals surface area (Å²) < 4.78 is 0. The van der Waals surface area contributed by atoms with Crippen LogP contribution in [0.3, 0.4) is 0 Å². The van der Waals surface area contributed by atoms with Gasteiger partial charge in [-0.25, -0.2) is 0 Å². The number of rotatable bonds is 5. The van der Waals surface area contributed by atoms with E-state index in [4.69, 9.17) is 0 Å². The van der Waals surface area contributed by atoms with Crippen molar-refractivity contribution in [3.8, 4) is 0 Å². The molecule has 82 valence electrons. The van der Waals surface area contributed by atoms with Crippen LogP contribution in [0.1, 0.15) is 44.9 Å². The van der Waals surface area contributed by atoms with Gasteiger partial charge in [0.05, 0.1) is 6.10 Å². The quantitative estimate of drug-likeness (QED) is 0.706. The molecule has 0 aromatic heterocycles.